The van der Waals surface area contributed by atoms with Crippen molar-refractivity contribution in [1.29, 1.82) is 0 Å². The molecule has 18 heavy (non-hydrogen) atoms. The maximum absolute atomic E-state index is 12.0. The zero-order valence-electron chi connectivity index (χ0n) is 10.7. The number of rotatable bonds is 6. The third-order valence-corrected chi connectivity index (χ3v) is 3.93. The molecular formula is C13H19NO3S. The number of carbonyl (C=O) groups excluding carboxylic acids is 1. The van der Waals surface area contributed by atoms with Gasteiger partial charge in [-0.15, -0.1) is 0 Å². The fourth-order valence-corrected chi connectivity index (χ4v) is 2.38. The highest BCUT2D eigenvalue weighted by Crippen LogP contribution is 2.13. The first-order chi connectivity index (χ1) is 8.60. The van der Waals surface area contributed by atoms with Gasteiger partial charge in [-0.3, -0.25) is 9.00 Å². The molecule has 4 nitrogen and oxygen atoms in total. The Morgan fingerprint density at radius 3 is 2.72 bits per heavy atom. The molecule has 100 valence electrons. The monoisotopic (exact) mass is 269 g/mol. The molecule has 0 aromatic heterocycles. The summed E-state index contributed by atoms with van der Waals surface area (Å²) in [6.45, 7) is 4.10. The highest BCUT2D eigenvalue weighted by Gasteiger charge is 2.14. The van der Waals surface area contributed by atoms with Gasteiger partial charge >= 0.3 is 0 Å². The Balaban J connectivity index is 2.82. The molecule has 0 heterocycles. The summed E-state index contributed by atoms with van der Waals surface area (Å²) in [5.41, 5.74) is 0.447. The molecule has 1 amide bonds. The predicted molar refractivity (Wildman–Crippen MR) is 72.0 cm³/mol. The van der Waals surface area contributed by atoms with Crippen LogP contribution in [0.1, 0.15) is 24.2 Å². The first-order valence-corrected chi connectivity index (χ1v) is 7.28. The van der Waals surface area contributed by atoms with Gasteiger partial charge in [-0.2, -0.15) is 0 Å². The van der Waals surface area contributed by atoms with Gasteiger partial charge in [-0.05, 0) is 18.1 Å². The summed E-state index contributed by atoms with van der Waals surface area (Å²) in [7, 11) is -1.15. The third-order valence-electron chi connectivity index (χ3n) is 2.56. The Hall–Kier alpha value is -1.20. The van der Waals surface area contributed by atoms with Crippen molar-refractivity contribution in [3.8, 4) is 0 Å². The molecule has 0 spiro atoms. The average Bonchev–Trinajstić information content (AvgIpc) is 2.43. The van der Waals surface area contributed by atoms with E-state index in [0.717, 1.165) is 0 Å². The molecule has 0 saturated heterocycles. The van der Waals surface area contributed by atoms with Crippen molar-refractivity contribution >= 4 is 16.7 Å². The van der Waals surface area contributed by atoms with Crippen LogP contribution in [0.4, 0.5) is 0 Å². The Morgan fingerprint density at radius 2 is 2.11 bits per heavy atom. The molecule has 1 rings (SSSR count). The van der Waals surface area contributed by atoms with Crippen molar-refractivity contribution in [2.45, 2.75) is 18.7 Å². The molecule has 2 unspecified atom stereocenters. The molecule has 0 bridgehead atoms. The summed E-state index contributed by atoms with van der Waals surface area (Å²) in [4.78, 5) is 12.5. The summed E-state index contributed by atoms with van der Waals surface area (Å²) in [6.07, 6.45) is 0. The van der Waals surface area contributed by atoms with Gasteiger partial charge in [0.2, 0.25) is 0 Å². The SMILES string of the molecule is CCS(=O)c1ccccc1C(=O)NCC(C)CO. The highest BCUT2D eigenvalue weighted by atomic mass is 32.2. The summed E-state index contributed by atoms with van der Waals surface area (Å²) >= 11 is 0. The van der Waals surface area contributed by atoms with Gasteiger partial charge in [0.05, 0.1) is 21.3 Å². The fraction of sp³-hybridized carbons (Fsp3) is 0.462. The van der Waals surface area contributed by atoms with Crippen LogP contribution in [0.3, 0.4) is 0 Å². The van der Waals surface area contributed by atoms with Crippen molar-refractivity contribution in [2.24, 2.45) is 5.92 Å². The lowest BCUT2D eigenvalue weighted by atomic mass is 10.1. The van der Waals surface area contributed by atoms with Crippen LogP contribution in [0.2, 0.25) is 0 Å². The number of hydrogen-bond acceptors (Lipinski definition) is 3. The maximum Gasteiger partial charge on any atom is 0.252 e. The smallest absolute Gasteiger partial charge is 0.252 e. The summed E-state index contributed by atoms with van der Waals surface area (Å²) < 4.78 is 11.8. The lowest BCUT2D eigenvalue weighted by molar-refractivity contribution is 0.0939. The Bertz CT molecular complexity index is 434. The highest BCUT2D eigenvalue weighted by molar-refractivity contribution is 7.85. The molecule has 0 radical (unpaired) electrons. The number of amides is 1. The van der Waals surface area contributed by atoms with E-state index in [9.17, 15) is 9.00 Å². The molecule has 2 atom stereocenters. The van der Waals surface area contributed by atoms with E-state index in [1.54, 1.807) is 24.3 Å². The van der Waals surface area contributed by atoms with Crippen LogP contribution in [0.5, 0.6) is 0 Å². The zero-order chi connectivity index (χ0) is 13.5. The molecule has 5 heteroatoms. The maximum atomic E-state index is 12.0. The molecule has 2 N–H and O–H groups in total. The Labute approximate surface area is 110 Å². The second-order valence-electron chi connectivity index (χ2n) is 4.13. The van der Waals surface area contributed by atoms with Crippen LogP contribution in [0.15, 0.2) is 29.2 Å². The number of carbonyl (C=O) groups is 1. The van der Waals surface area contributed by atoms with Crippen molar-refractivity contribution in [3.63, 3.8) is 0 Å². The number of hydrogen-bond donors (Lipinski definition) is 2. The number of aliphatic hydroxyl groups is 1. The third kappa shape index (κ3) is 3.92. The van der Waals surface area contributed by atoms with Gasteiger partial charge in [0.1, 0.15) is 0 Å². The standard InChI is InChI=1S/C13H19NO3S/c1-3-18(17)12-7-5-4-6-11(12)13(16)14-8-10(2)9-15/h4-7,10,15H,3,8-9H2,1-2H3,(H,14,16). The van der Waals surface area contributed by atoms with Gasteiger partial charge in [-0.25, -0.2) is 0 Å². The average molecular weight is 269 g/mol. The van der Waals surface area contributed by atoms with Gasteiger partial charge < -0.3 is 10.4 Å². The molecular weight excluding hydrogens is 250 g/mol. The van der Waals surface area contributed by atoms with Gasteiger partial charge in [0.25, 0.3) is 5.91 Å². The van der Waals surface area contributed by atoms with E-state index in [-0.39, 0.29) is 18.4 Å². The lowest BCUT2D eigenvalue weighted by Crippen LogP contribution is -2.30. The van der Waals surface area contributed by atoms with Crippen LogP contribution in [-0.4, -0.2) is 34.1 Å². The zero-order valence-corrected chi connectivity index (χ0v) is 11.5. The van der Waals surface area contributed by atoms with Crippen LogP contribution in [-0.2, 0) is 10.8 Å². The van der Waals surface area contributed by atoms with Gasteiger partial charge in [0, 0.05) is 18.9 Å². The molecule has 0 aliphatic rings. The largest absolute Gasteiger partial charge is 0.396 e. The van der Waals surface area contributed by atoms with Gasteiger partial charge in [0.15, 0.2) is 0 Å². The van der Waals surface area contributed by atoms with Crippen LogP contribution in [0.25, 0.3) is 0 Å². The minimum atomic E-state index is -1.15. The minimum absolute atomic E-state index is 0.0118. The van der Waals surface area contributed by atoms with Crippen LogP contribution in [0, 0.1) is 5.92 Å². The molecule has 0 saturated carbocycles. The Kier molecular flexibility index (Phi) is 6.01. The van der Waals surface area contributed by atoms with Gasteiger partial charge in [-0.1, -0.05) is 26.0 Å². The van der Waals surface area contributed by atoms with Crippen molar-refractivity contribution < 1.29 is 14.1 Å². The van der Waals surface area contributed by atoms with E-state index in [0.29, 0.717) is 22.8 Å². The summed E-state index contributed by atoms with van der Waals surface area (Å²) in [5.74, 6) is 0.252. The fourth-order valence-electron chi connectivity index (χ4n) is 1.43. The second-order valence-corrected chi connectivity index (χ2v) is 5.84. The Morgan fingerprint density at radius 1 is 1.44 bits per heavy atom. The normalized spacial score (nSPS) is 13.9. The number of aliphatic hydroxyl groups excluding tert-OH is 1. The summed E-state index contributed by atoms with van der Waals surface area (Å²) in [5, 5.41) is 11.6. The first kappa shape index (κ1) is 14.9. The van der Waals surface area contributed by atoms with E-state index < -0.39 is 10.8 Å². The quantitative estimate of drug-likeness (QED) is 0.814. The topological polar surface area (TPSA) is 66.4 Å². The van der Waals surface area contributed by atoms with E-state index in [1.165, 1.54) is 0 Å². The van der Waals surface area contributed by atoms with Crippen LogP contribution >= 0.6 is 0 Å². The van der Waals surface area contributed by atoms with E-state index in [4.69, 9.17) is 5.11 Å². The second kappa shape index (κ2) is 7.28. The lowest BCUT2D eigenvalue weighted by Gasteiger charge is -2.11. The number of benzene rings is 1. The molecule has 1 aromatic rings. The first-order valence-electron chi connectivity index (χ1n) is 5.96. The summed E-state index contributed by atoms with van der Waals surface area (Å²) in [6, 6.07) is 6.91. The molecule has 0 fully saturated rings. The minimum Gasteiger partial charge on any atom is -0.396 e. The van der Waals surface area contributed by atoms with Crippen LogP contribution < -0.4 is 5.32 Å². The van der Waals surface area contributed by atoms with Crippen molar-refractivity contribution in [2.75, 3.05) is 18.9 Å². The predicted octanol–water partition coefficient (Wildman–Crippen LogP) is 1.17. The van der Waals surface area contributed by atoms with E-state index in [2.05, 4.69) is 5.32 Å². The van der Waals surface area contributed by atoms with Crippen molar-refractivity contribution in [3.05, 3.63) is 29.8 Å². The van der Waals surface area contributed by atoms with Crippen molar-refractivity contribution in [1.82, 2.24) is 5.32 Å². The number of nitrogens with one attached hydrogen (secondary N) is 1. The van der Waals surface area contributed by atoms with E-state index in [1.807, 2.05) is 13.8 Å². The molecule has 0 aliphatic heterocycles. The molecule has 1 aromatic carbocycles. The molecule has 0 aliphatic carbocycles. The van der Waals surface area contributed by atoms with E-state index >= 15 is 0 Å².